The molecule has 0 spiro atoms. The van der Waals surface area contributed by atoms with Gasteiger partial charge in [0, 0.05) is 5.56 Å². The normalized spacial score (nSPS) is 11.4. The van der Waals surface area contributed by atoms with Crippen molar-refractivity contribution in [2.45, 2.75) is 0 Å². The molecule has 0 radical (unpaired) electrons. The first-order chi connectivity index (χ1) is 11.8. The van der Waals surface area contributed by atoms with Gasteiger partial charge in [0.15, 0.2) is 11.0 Å². The fourth-order valence-corrected chi connectivity index (χ4v) is 2.83. The summed E-state index contributed by atoms with van der Waals surface area (Å²) >= 11 is 5.73. The van der Waals surface area contributed by atoms with Gasteiger partial charge in [0.1, 0.15) is 0 Å². The number of halogens is 1. The van der Waals surface area contributed by atoms with E-state index in [9.17, 15) is 0 Å². The van der Waals surface area contributed by atoms with Crippen LogP contribution in [0.4, 0.5) is 5.82 Å². The summed E-state index contributed by atoms with van der Waals surface area (Å²) in [4.78, 5) is 0. The molecule has 0 aliphatic heterocycles. The first-order valence-corrected chi connectivity index (χ1v) is 7.88. The SMILES string of the molecule is Clc1ccc(N/N=C/c2c3ccccc3cc3ccccc23)nn1. The number of nitrogens with zero attached hydrogens (tertiary/aromatic N) is 3. The largest absolute Gasteiger partial charge is 0.260 e. The summed E-state index contributed by atoms with van der Waals surface area (Å²) in [6.07, 6.45) is 1.82. The Morgan fingerprint density at radius 3 is 2.12 bits per heavy atom. The standard InChI is InChI=1S/C19H13ClN4/c20-18-9-10-19(24-22-18)23-21-12-17-15-7-3-1-5-13(15)11-14-6-2-4-8-16(14)17/h1-12H,(H,23,24)/b21-12+. The van der Waals surface area contributed by atoms with Crippen LogP contribution >= 0.6 is 11.6 Å². The summed E-state index contributed by atoms with van der Waals surface area (Å²) in [6, 6.07) is 22.2. The van der Waals surface area contributed by atoms with Crippen LogP contribution in [0, 0.1) is 0 Å². The van der Waals surface area contributed by atoms with Gasteiger partial charge in [-0.1, -0.05) is 60.1 Å². The molecule has 0 aliphatic rings. The van der Waals surface area contributed by atoms with E-state index in [1.165, 1.54) is 10.8 Å². The third-order valence-electron chi connectivity index (χ3n) is 3.82. The molecule has 4 rings (SSSR count). The smallest absolute Gasteiger partial charge is 0.168 e. The van der Waals surface area contributed by atoms with Crippen LogP contribution in [-0.4, -0.2) is 16.4 Å². The number of hydrogen-bond acceptors (Lipinski definition) is 4. The molecule has 0 amide bonds. The van der Waals surface area contributed by atoms with E-state index in [2.05, 4.69) is 51.1 Å². The zero-order chi connectivity index (χ0) is 16.4. The lowest BCUT2D eigenvalue weighted by Crippen LogP contribution is -1.96. The van der Waals surface area contributed by atoms with Crippen LogP contribution in [0.1, 0.15) is 5.56 Å². The predicted molar refractivity (Wildman–Crippen MR) is 99.7 cm³/mol. The monoisotopic (exact) mass is 332 g/mol. The van der Waals surface area contributed by atoms with Crippen LogP contribution in [0.2, 0.25) is 5.15 Å². The molecule has 0 atom stereocenters. The molecule has 3 aromatic carbocycles. The second kappa shape index (κ2) is 6.26. The molecule has 4 nitrogen and oxygen atoms in total. The van der Waals surface area contributed by atoms with Crippen molar-refractivity contribution in [3.63, 3.8) is 0 Å². The van der Waals surface area contributed by atoms with Crippen LogP contribution < -0.4 is 5.43 Å². The molecule has 0 bridgehead atoms. The van der Waals surface area contributed by atoms with E-state index in [-0.39, 0.29) is 0 Å². The van der Waals surface area contributed by atoms with Crippen molar-refractivity contribution in [2.24, 2.45) is 5.10 Å². The molecular formula is C19H13ClN4. The third kappa shape index (κ3) is 2.79. The lowest BCUT2D eigenvalue weighted by Gasteiger charge is -2.07. The van der Waals surface area contributed by atoms with Crippen molar-refractivity contribution in [2.75, 3.05) is 5.43 Å². The van der Waals surface area contributed by atoms with Crippen molar-refractivity contribution in [3.8, 4) is 0 Å². The van der Waals surface area contributed by atoms with Crippen molar-refractivity contribution < 1.29 is 0 Å². The number of benzene rings is 3. The third-order valence-corrected chi connectivity index (χ3v) is 4.02. The van der Waals surface area contributed by atoms with E-state index < -0.39 is 0 Å². The van der Waals surface area contributed by atoms with E-state index in [0.29, 0.717) is 11.0 Å². The summed E-state index contributed by atoms with van der Waals surface area (Å²) in [6.45, 7) is 0. The fourth-order valence-electron chi connectivity index (χ4n) is 2.73. The highest BCUT2D eigenvalue weighted by Crippen LogP contribution is 2.27. The van der Waals surface area contributed by atoms with Crippen LogP contribution in [0.15, 0.2) is 71.8 Å². The Kier molecular flexibility index (Phi) is 3.81. The van der Waals surface area contributed by atoms with Gasteiger partial charge in [-0.2, -0.15) is 5.10 Å². The van der Waals surface area contributed by atoms with Crippen molar-refractivity contribution >= 4 is 45.2 Å². The van der Waals surface area contributed by atoms with Crippen LogP contribution in [0.5, 0.6) is 0 Å². The summed E-state index contributed by atoms with van der Waals surface area (Å²) in [5.74, 6) is 0.542. The van der Waals surface area contributed by atoms with E-state index in [4.69, 9.17) is 11.6 Å². The highest BCUT2D eigenvalue weighted by molar-refractivity contribution is 6.29. The molecule has 0 aliphatic carbocycles. The Balaban J connectivity index is 1.78. The average molecular weight is 333 g/mol. The van der Waals surface area contributed by atoms with Gasteiger partial charge in [0.05, 0.1) is 6.21 Å². The maximum atomic E-state index is 5.73. The van der Waals surface area contributed by atoms with Gasteiger partial charge in [0.25, 0.3) is 0 Å². The number of fused-ring (bicyclic) bond motifs is 2. The van der Waals surface area contributed by atoms with Gasteiger partial charge in [-0.15, -0.1) is 10.2 Å². The molecule has 5 heteroatoms. The van der Waals surface area contributed by atoms with Crippen molar-refractivity contribution in [1.29, 1.82) is 0 Å². The molecule has 24 heavy (non-hydrogen) atoms. The number of hydrogen-bond donors (Lipinski definition) is 1. The Labute approximate surface area is 143 Å². The first-order valence-electron chi connectivity index (χ1n) is 7.50. The summed E-state index contributed by atoms with van der Waals surface area (Å²) in [5.41, 5.74) is 3.95. The van der Waals surface area contributed by atoms with Gasteiger partial charge in [-0.25, -0.2) is 0 Å². The topological polar surface area (TPSA) is 50.2 Å². The fraction of sp³-hybridized carbons (Fsp3) is 0. The first kappa shape index (κ1) is 14.6. The van der Waals surface area contributed by atoms with Gasteiger partial charge >= 0.3 is 0 Å². The number of rotatable bonds is 3. The molecule has 0 unspecified atom stereocenters. The molecule has 1 N–H and O–H groups in total. The van der Waals surface area contributed by atoms with Crippen LogP contribution in [0.3, 0.4) is 0 Å². The molecule has 0 saturated heterocycles. The van der Waals surface area contributed by atoms with Gasteiger partial charge < -0.3 is 0 Å². The molecular weight excluding hydrogens is 320 g/mol. The quantitative estimate of drug-likeness (QED) is 0.330. The lowest BCUT2D eigenvalue weighted by atomic mass is 9.97. The number of aromatic nitrogens is 2. The molecule has 0 saturated carbocycles. The van der Waals surface area contributed by atoms with Gasteiger partial charge in [-0.05, 0) is 39.7 Å². The molecule has 0 fully saturated rings. The Bertz CT molecular complexity index is 988. The molecule has 1 heterocycles. The van der Waals surface area contributed by atoms with E-state index in [0.717, 1.165) is 16.3 Å². The highest BCUT2D eigenvalue weighted by Gasteiger charge is 2.05. The van der Waals surface area contributed by atoms with E-state index in [1.807, 2.05) is 30.5 Å². The molecule has 116 valence electrons. The maximum absolute atomic E-state index is 5.73. The molecule has 1 aromatic heterocycles. The Morgan fingerprint density at radius 2 is 1.50 bits per heavy atom. The Morgan fingerprint density at radius 1 is 0.833 bits per heavy atom. The highest BCUT2D eigenvalue weighted by atomic mass is 35.5. The van der Waals surface area contributed by atoms with Crippen molar-refractivity contribution in [1.82, 2.24) is 10.2 Å². The minimum atomic E-state index is 0.351. The minimum Gasteiger partial charge on any atom is -0.260 e. The lowest BCUT2D eigenvalue weighted by molar-refractivity contribution is 1.02. The summed E-state index contributed by atoms with van der Waals surface area (Å²) in [7, 11) is 0. The summed E-state index contributed by atoms with van der Waals surface area (Å²) in [5, 5.41) is 17.1. The number of nitrogens with one attached hydrogen (secondary N) is 1. The number of anilines is 1. The predicted octanol–water partition coefficient (Wildman–Crippen LogP) is 4.88. The zero-order valence-corrected chi connectivity index (χ0v) is 13.4. The molecule has 4 aromatic rings. The second-order valence-corrected chi connectivity index (χ2v) is 5.73. The van der Waals surface area contributed by atoms with Crippen LogP contribution in [0.25, 0.3) is 21.5 Å². The Hall–Kier alpha value is -2.98. The average Bonchev–Trinajstić information content (AvgIpc) is 2.63. The number of hydrazone groups is 1. The van der Waals surface area contributed by atoms with Gasteiger partial charge in [-0.3, -0.25) is 5.43 Å². The maximum Gasteiger partial charge on any atom is 0.168 e. The zero-order valence-electron chi connectivity index (χ0n) is 12.6. The van der Waals surface area contributed by atoms with E-state index in [1.54, 1.807) is 12.1 Å². The second-order valence-electron chi connectivity index (χ2n) is 5.34. The van der Waals surface area contributed by atoms with Crippen LogP contribution in [-0.2, 0) is 0 Å². The van der Waals surface area contributed by atoms with Crippen molar-refractivity contribution in [3.05, 3.63) is 77.4 Å². The van der Waals surface area contributed by atoms with E-state index >= 15 is 0 Å². The summed E-state index contributed by atoms with van der Waals surface area (Å²) < 4.78 is 0. The van der Waals surface area contributed by atoms with Gasteiger partial charge in [0.2, 0.25) is 0 Å². The minimum absolute atomic E-state index is 0.351.